The molecule has 1 N–H and O–H groups in total. The first-order valence-electron chi connectivity index (χ1n) is 12.7. The molecular formula is C29H35NO6. The largest absolute Gasteiger partial charge is 0.497 e. The van der Waals surface area contributed by atoms with E-state index in [0.29, 0.717) is 23.6 Å². The van der Waals surface area contributed by atoms with Crippen molar-refractivity contribution >= 4 is 5.97 Å². The Morgan fingerprint density at radius 3 is 2.58 bits per heavy atom. The third-order valence-electron chi connectivity index (χ3n) is 6.65. The summed E-state index contributed by atoms with van der Waals surface area (Å²) in [5, 5.41) is 9.57. The Labute approximate surface area is 212 Å². The Morgan fingerprint density at radius 2 is 1.86 bits per heavy atom. The van der Waals surface area contributed by atoms with Crippen LogP contribution in [0.15, 0.2) is 46.9 Å². The SMILES string of the molecule is CCCc1oc(-c2cccc(OC)c2)nc1CO[C@H]1CCCC(OCc2cccc(C)c2C(=O)O)C1. The summed E-state index contributed by atoms with van der Waals surface area (Å²) in [6, 6.07) is 13.2. The molecule has 1 fully saturated rings. The standard InChI is InChI=1S/C29H35NO6/c1-4-8-26-25(30-28(36-26)20-10-6-12-22(15-20)33-3)18-35-24-14-7-13-23(16-24)34-17-21-11-5-9-19(2)27(21)29(31)32/h5-6,9-12,15,23-24H,4,7-8,13-14,16-18H2,1-3H3,(H,31,32)/t23?,24-/m0/s1. The maximum atomic E-state index is 11.7. The molecule has 0 bridgehead atoms. The second-order valence-electron chi connectivity index (χ2n) is 9.32. The van der Waals surface area contributed by atoms with Gasteiger partial charge in [0.2, 0.25) is 5.89 Å². The molecule has 1 aromatic heterocycles. The number of hydrogen-bond acceptors (Lipinski definition) is 6. The molecule has 2 aromatic carbocycles. The van der Waals surface area contributed by atoms with Gasteiger partial charge in [0.05, 0.1) is 38.1 Å². The molecule has 36 heavy (non-hydrogen) atoms. The number of rotatable bonds is 11. The lowest BCUT2D eigenvalue weighted by Crippen LogP contribution is -2.28. The number of methoxy groups -OCH3 is 1. The van der Waals surface area contributed by atoms with Gasteiger partial charge in [0.1, 0.15) is 17.2 Å². The third kappa shape index (κ3) is 6.33. The van der Waals surface area contributed by atoms with Crippen LogP contribution in [0.4, 0.5) is 0 Å². The Hall–Kier alpha value is -3.16. The maximum absolute atomic E-state index is 11.7. The molecule has 0 spiro atoms. The van der Waals surface area contributed by atoms with Crippen molar-refractivity contribution in [1.29, 1.82) is 0 Å². The zero-order valence-corrected chi connectivity index (χ0v) is 21.3. The van der Waals surface area contributed by atoms with Gasteiger partial charge >= 0.3 is 5.97 Å². The van der Waals surface area contributed by atoms with Crippen LogP contribution >= 0.6 is 0 Å². The molecule has 4 rings (SSSR count). The molecule has 0 aliphatic heterocycles. The van der Waals surface area contributed by atoms with E-state index < -0.39 is 5.97 Å². The van der Waals surface area contributed by atoms with Gasteiger partial charge in [-0.05, 0) is 68.4 Å². The number of carboxylic acid groups (broad SMARTS) is 1. The van der Waals surface area contributed by atoms with Crippen LogP contribution in [0.2, 0.25) is 0 Å². The Balaban J connectivity index is 1.37. The fourth-order valence-electron chi connectivity index (χ4n) is 4.76. The van der Waals surface area contributed by atoms with Crippen LogP contribution in [0.5, 0.6) is 5.75 Å². The highest BCUT2D eigenvalue weighted by molar-refractivity contribution is 5.91. The monoisotopic (exact) mass is 493 g/mol. The summed E-state index contributed by atoms with van der Waals surface area (Å²) in [5.41, 5.74) is 3.51. The van der Waals surface area contributed by atoms with E-state index >= 15 is 0 Å². The molecule has 192 valence electrons. The number of carboxylic acids is 1. The van der Waals surface area contributed by atoms with Gasteiger partial charge in [0, 0.05) is 12.0 Å². The van der Waals surface area contributed by atoms with Crippen LogP contribution in [-0.2, 0) is 29.1 Å². The van der Waals surface area contributed by atoms with Crippen molar-refractivity contribution in [3.8, 4) is 17.2 Å². The van der Waals surface area contributed by atoms with Gasteiger partial charge in [-0.2, -0.15) is 0 Å². The number of benzene rings is 2. The van der Waals surface area contributed by atoms with Gasteiger partial charge in [-0.3, -0.25) is 0 Å². The van der Waals surface area contributed by atoms with Gasteiger partial charge < -0.3 is 23.7 Å². The number of carbonyl (C=O) groups is 1. The van der Waals surface area contributed by atoms with Crippen LogP contribution in [0.1, 0.15) is 72.0 Å². The van der Waals surface area contributed by atoms with Crippen LogP contribution in [0.3, 0.4) is 0 Å². The first kappa shape index (κ1) is 25.9. The van der Waals surface area contributed by atoms with E-state index in [9.17, 15) is 9.90 Å². The zero-order valence-electron chi connectivity index (χ0n) is 21.3. The first-order valence-corrected chi connectivity index (χ1v) is 12.7. The predicted molar refractivity (Wildman–Crippen MR) is 136 cm³/mol. The molecule has 1 unspecified atom stereocenters. The second-order valence-corrected chi connectivity index (χ2v) is 9.32. The van der Waals surface area contributed by atoms with E-state index in [1.165, 1.54) is 0 Å². The zero-order chi connectivity index (χ0) is 25.5. The summed E-state index contributed by atoms with van der Waals surface area (Å²) >= 11 is 0. The second kappa shape index (κ2) is 12.2. The van der Waals surface area contributed by atoms with Crippen molar-refractivity contribution in [2.24, 2.45) is 0 Å². The van der Waals surface area contributed by atoms with Crippen molar-refractivity contribution in [1.82, 2.24) is 4.98 Å². The Morgan fingerprint density at radius 1 is 1.11 bits per heavy atom. The molecular weight excluding hydrogens is 458 g/mol. The average molecular weight is 494 g/mol. The molecule has 0 amide bonds. The van der Waals surface area contributed by atoms with Crippen LogP contribution < -0.4 is 4.74 Å². The first-order chi connectivity index (χ1) is 17.5. The van der Waals surface area contributed by atoms with Crippen LogP contribution in [0, 0.1) is 6.92 Å². The maximum Gasteiger partial charge on any atom is 0.336 e. The highest BCUT2D eigenvalue weighted by atomic mass is 16.5. The minimum atomic E-state index is -0.916. The molecule has 0 saturated heterocycles. The van der Waals surface area contributed by atoms with Crippen molar-refractivity contribution < 1.29 is 28.5 Å². The fourth-order valence-corrected chi connectivity index (χ4v) is 4.76. The summed E-state index contributed by atoms with van der Waals surface area (Å²) in [4.78, 5) is 16.4. The highest BCUT2D eigenvalue weighted by Crippen LogP contribution is 2.29. The summed E-state index contributed by atoms with van der Waals surface area (Å²) in [6.45, 7) is 4.61. The Bertz CT molecular complexity index is 1170. The minimum absolute atomic E-state index is 0.0330. The number of aromatic carboxylic acids is 1. The summed E-state index contributed by atoms with van der Waals surface area (Å²) in [5.74, 6) is 1.28. The number of oxazole rings is 1. The van der Waals surface area contributed by atoms with Gasteiger partial charge in [-0.15, -0.1) is 0 Å². The van der Waals surface area contributed by atoms with Crippen molar-refractivity contribution in [3.63, 3.8) is 0 Å². The minimum Gasteiger partial charge on any atom is -0.497 e. The average Bonchev–Trinajstić information content (AvgIpc) is 3.29. The van der Waals surface area contributed by atoms with Gasteiger partial charge in [0.15, 0.2) is 0 Å². The summed E-state index contributed by atoms with van der Waals surface area (Å²) in [7, 11) is 1.64. The predicted octanol–water partition coefficient (Wildman–Crippen LogP) is 6.35. The number of ether oxygens (including phenoxy) is 3. The van der Waals surface area contributed by atoms with E-state index in [1.54, 1.807) is 7.11 Å². The molecule has 0 radical (unpaired) electrons. The molecule has 3 aromatic rings. The van der Waals surface area contributed by atoms with Crippen LogP contribution in [-0.4, -0.2) is 35.4 Å². The van der Waals surface area contributed by atoms with Gasteiger partial charge in [-0.1, -0.05) is 31.2 Å². The molecule has 1 aliphatic carbocycles. The van der Waals surface area contributed by atoms with Crippen molar-refractivity contribution in [3.05, 3.63) is 70.6 Å². The van der Waals surface area contributed by atoms with Crippen LogP contribution in [0.25, 0.3) is 11.5 Å². The van der Waals surface area contributed by atoms with Crippen molar-refractivity contribution in [2.45, 2.75) is 77.8 Å². The lowest BCUT2D eigenvalue weighted by molar-refractivity contribution is -0.0564. The quantitative estimate of drug-likeness (QED) is 0.333. The molecule has 7 heteroatoms. The lowest BCUT2D eigenvalue weighted by Gasteiger charge is -2.29. The van der Waals surface area contributed by atoms with Gasteiger partial charge in [0.25, 0.3) is 0 Å². The molecule has 7 nitrogen and oxygen atoms in total. The molecule has 1 heterocycles. The van der Waals surface area contributed by atoms with E-state index in [0.717, 1.165) is 66.9 Å². The summed E-state index contributed by atoms with van der Waals surface area (Å²) in [6.07, 6.45) is 5.54. The third-order valence-corrected chi connectivity index (χ3v) is 6.65. The lowest BCUT2D eigenvalue weighted by atomic mass is 9.94. The number of aromatic nitrogens is 1. The van der Waals surface area contributed by atoms with Crippen molar-refractivity contribution in [2.75, 3.05) is 7.11 Å². The molecule has 2 atom stereocenters. The van der Waals surface area contributed by atoms with E-state index in [1.807, 2.05) is 49.4 Å². The smallest absolute Gasteiger partial charge is 0.336 e. The number of aryl methyl sites for hydroxylation is 2. The fraction of sp³-hybridized carbons (Fsp3) is 0.448. The molecule has 1 saturated carbocycles. The highest BCUT2D eigenvalue weighted by Gasteiger charge is 2.25. The van der Waals surface area contributed by atoms with E-state index in [4.69, 9.17) is 23.6 Å². The Kier molecular flexibility index (Phi) is 8.78. The normalized spacial score (nSPS) is 17.8. The van der Waals surface area contributed by atoms with E-state index in [-0.39, 0.29) is 18.8 Å². The molecule has 1 aliphatic rings. The van der Waals surface area contributed by atoms with E-state index in [2.05, 4.69) is 6.92 Å². The number of hydrogen-bond donors (Lipinski definition) is 1. The topological polar surface area (TPSA) is 91.0 Å². The summed E-state index contributed by atoms with van der Waals surface area (Å²) < 4.78 is 23.9. The van der Waals surface area contributed by atoms with Gasteiger partial charge in [-0.25, -0.2) is 9.78 Å². The number of nitrogens with zero attached hydrogens (tertiary/aromatic N) is 1.